The van der Waals surface area contributed by atoms with Crippen LogP contribution in [0.2, 0.25) is 0 Å². The Kier molecular flexibility index (Phi) is 5.50. The van der Waals surface area contributed by atoms with Gasteiger partial charge >= 0.3 is 0 Å². The first-order chi connectivity index (χ1) is 9.71. The van der Waals surface area contributed by atoms with Gasteiger partial charge in [-0.1, -0.05) is 30.8 Å². The molecule has 0 bridgehead atoms. The summed E-state index contributed by atoms with van der Waals surface area (Å²) in [7, 11) is 0. The van der Waals surface area contributed by atoms with Crippen LogP contribution in [0.1, 0.15) is 12.5 Å². The average Bonchev–Trinajstić information content (AvgIpc) is 2.50. The molecule has 1 amide bonds. The highest BCUT2D eigenvalue weighted by Gasteiger charge is 2.01. The number of hydrogen-bond acceptors (Lipinski definition) is 2. The highest BCUT2D eigenvalue weighted by atomic mass is 35.5. The van der Waals surface area contributed by atoms with Crippen molar-refractivity contribution < 1.29 is 4.79 Å². The fourth-order valence-corrected chi connectivity index (χ4v) is 2.61. The van der Waals surface area contributed by atoms with Gasteiger partial charge in [-0.15, -0.1) is 11.6 Å². The second kappa shape index (κ2) is 7.36. The number of carbonyl (C=O) groups excluding carboxylic acids is 1. The van der Waals surface area contributed by atoms with Gasteiger partial charge in [0, 0.05) is 15.5 Å². The van der Waals surface area contributed by atoms with Crippen LogP contribution in [-0.4, -0.2) is 11.8 Å². The third kappa shape index (κ3) is 4.29. The molecule has 1 N–H and O–H groups in total. The Morgan fingerprint density at radius 3 is 2.10 bits per heavy atom. The summed E-state index contributed by atoms with van der Waals surface area (Å²) in [5, 5.41) is 2.72. The molecule has 20 heavy (non-hydrogen) atoms. The van der Waals surface area contributed by atoms with Crippen molar-refractivity contribution in [3.05, 3.63) is 54.1 Å². The lowest BCUT2D eigenvalue weighted by Gasteiger charge is -2.06. The number of rotatable bonds is 5. The molecule has 0 saturated heterocycles. The number of alkyl halides is 1. The number of benzene rings is 2. The van der Waals surface area contributed by atoms with Crippen LogP contribution in [0.4, 0.5) is 5.69 Å². The molecule has 0 unspecified atom stereocenters. The van der Waals surface area contributed by atoms with Crippen molar-refractivity contribution >= 4 is 35.0 Å². The van der Waals surface area contributed by atoms with Crippen LogP contribution in [0.25, 0.3) is 0 Å². The molecule has 0 radical (unpaired) electrons. The minimum atomic E-state index is -0.192. The Balaban J connectivity index is 2.00. The van der Waals surface area contributed by atoms with Gasteiger partial charge < -0.3 is 5.32 Å². The summed E-state index contributed by atoms with van der Waals surface area (Å²) in [5.41, 5.74) is 2.11. The number of anilines is 1. The predicted octanol–water partition coefficient (Wildman–Crippen LogP) is 4.58. The van der Waals surface area contributed by atoms with Crippen molar-refractivity contribution in [3.8, 4) is 0 Å². The summed E-state index contributed by atoms with van der Waals surface area (Å²) in [6.45, 7) is 2.15. The topological polar surface area (TPSA) is 29.1 Å². The van der Waals surface area contributed by atoms with Crippen LogP contribution in [0.15, 0.2) is 58.3 Å². The molecule has 4 heteroatoms. The highest BCUT2D eigenvalue weighted by Crippen LogP contribution is 2.28. The molecule has 104 valence electrons. The molecule has 0 aliphatic heterocycles. The zero-order chi connectivity index (χ0) is 14.4. The Bertz CT molecular complexity index is 566. The first-order valence-corrected chi connectivity index (χ1v) is 7.79. The van der Waals surface area contributed by atoms with Gasteiger partial charge in [-0.3, -0.25) is 4.79 Å². The molecule has 2 nitrogen and oxygen atoms in total. The smallest absolute Gasteiger partial charge is 0.239 e. The second-order valence-corrected chi connectivity index (χ2v) is 5.72. The first kappa shape index (κ1) is 14.9. The second-order valence-electron chi connectivity index (χ2n) is 4.31. The lowest BCUT2D eigenvalue weighted by Crippen LogP contribution is -2.12. The van der Waals surface area contributed by atoms with Crippen LogP contribution in [0.5, 0.6) is 0 Å². The minimum absolute atomic E-state index is 0.0275. The maximum Gasteiger partial charge on any atom is 0.239 e. The van der Waals surface area contributed by atoms with E-state index in [1.54, 1.807) is 11.8 Å². The van der Waals surface area contributed by atoms with E-state index < -0.39 is 0 Å². The number of halogens is 1. The van der Waals surface area contributed by atoms with Gasteiger partial charge in [-0.05, 0) is 48.4 Å². The van der Waals surface area contributed by atoms with Crippen molar-refractivity contribution in [2.45, 2.75) is 23.1 Å². The molecule has 2 aromatic carbocycles. The van der Waals surface area contributed by atoms with Gasteiger partial charge in [0.2, 0.25) is 5.91 Å². The highest BCUT2D eigenvalue weighted by molar-refractivity contribution is 7.99. The standard InChI is InChI=1S/C16H16ClNOS/c1-2-12-3-7-14(8-4-12)20-15-9-5-13(6-10-15)18-16(19)11-17/h3-10H,2,11H2,1H3,(H,18,19). The number of carbonyl (C=O) groups is 1. The molecule has 2 rings (SSSR count). The molecular weight excluding hydrogens is 290 g/mol. The van der Waals surface area contributed by atoms with Gasteiger partial charge in [0.25, 0.3) is 0 Å². The Labute approximate surface area is 128 Å². The summed E-state index contributed by atoms with van der Waals surface area (Å²) < 4.78 is 0. The number of nitrogens with one attached hydrogen (secondary N) is 1. The van der Waals surface area contributed by atoms with Crippen molar-refractivity contribution in [1.82, 2.24) is 0 Å². The van der Waals surface area contributed by atoms with E-state index >= 15 is 0 Å². The van der Waals surface area contributed by atoms with E-state index in [9.17, 15) is 4.79 Å². The Morgan fingerprint density at radius 1 is 1.05 bits per heavy atom. The molecule has 0 fully saturated rings. The summed E-state index contributed by atoms with van der Waals surface area (Å²) in [6, 6.07) is 16.3. The predicted molar refractivity (Wildman–Crippen MR) is 85.7 cm³/mol. The third-order valence-corrected chi connectivity index (χ3v) is 4.09. The fraction of sp³-hybridized carbons (Fsp3) is 0.188. The fourth-order valence-electron chi connectivity index (χ4n) is 1.73. The lowest BCUT2D eigenvalue weighted by molar-refractivity contribution is -0.113. The van der Waals surface area contributed by atoms with Crippen molar-refractivity contribution in [2.75, 3.05) is 11.2 Å². The zero-order valence-corrected chi connectivity index (χ0v) is 12.8. The summed E-state index contributed by atoms with van der Waals surface area (Å²) >= 11 is 7.15. The van der Waals surface area contributed by atoms with Crippen LogP contribution >= 0.6 is 23.4 Å². The first-order valence-electron chi connectivity index (χ1n) is 6.44. The molecule has 0 aliphatic carbocycles. The largest absolute Gasteiger partial charge is 0.325 e. The molecule has 0 spiro atoms. The van der Waals surface area contributed by atoms with E-state index in [1.807, 2.05) is 24.3 Å². The maximum atomic E-state index is 11.2. The van der Waals surface area contributed by atoms with Gasteiger partial charge in [0.1, 0.15) is 5.88 Å². The van der Waals surface area contributed by atoms with Gasteiger partial charge in [-0.2, -0.15) is 0 Å². The summed E-state index contributed by atoms with van der Waals surface area (Å²) in [4.78, 5) is 13.5. The van der Waals surface area contributed by atoms with Gasteiger partial charge in [0.05, 0.1) is 0 Å². The van der Waals surface area contributed by atoms with E-state index in [1.165, 1.54) is 10.5 Å². The third-order valence-electron chi connectivity index (χ3n) is 2.83. The van der Waals surface area contributed by atoms with E-state index in [2.05, 4.69) is 36.5 Å². The monoisotopic (exact) mass is 305 g/mol. The van der Waals surface area contributed by atoms with E-state index in [-0.39, 0.29) is 11.8 Å². The molecule has 0 heterocycles. The summed E-state index contributed by atoms with van der Waals surface area (Å²) in [5.74, 6) is -0.220. The Morgan fingerprint density at radius 2 is 1.60 bits per heavy atom. The van der Waals surface area contributed by atoms with Crippen LogP contribution in [0, 0.1) is 0 Å². The molecule has 0 aliphatic rings. The quantitative estimate of drug-likeness (QED) is 0.819. The molecule has 0 aromatic heterocycles. The van der Waals surface area contributed by atoms with Crippen molar-refractivity contribution in [3.63, 3.8) is 0 Å². The average molecular weight is 306 g/mol. The summed E-state index contributed by atoms with van der Waals surface area (Å²) in [6.07, 6.45) is 1.06. The van der Waals surface area contributed by atoms with Crippen LogP contribution < -0.4 is 5.32 Å². The van der Waals surface area contributed by atoms with E-state index in [4.69, 9.17) is 11.6 Å². The Hall–Kier alpha value is -1.45. The number of amides is 1. The van der Waals surface area contributed by atoms with Crippen molar-refractivity contribution in [2.24, 2.45) is 0 Å². The number of hydrogen-bond donors (Lipinski definition) is 1. The normalized spacial score (nSPS) is 10.3. The molecule has 0 atom stereocenters. The zero-order valence-electron chi connectivity index (χ0n) is 11.2. The van der Waals surface area contributed by atoms with E-state index in [0.29, 0.717) is 0 Å². The van der Waals surface area contributed by atoms with Gasteiger partial charge in [-0.25, -0.2) is 0 Å². The van der Waals surface area contributed by atoms with E-state index in [0.717, 1.165) is 17.0 Å². The van der Waals surface area contributed by atoms with Crippen LogP contribution in [0.3, 0.4) is 0 Å². The number of aryl methyl sites for hydroxylation is 1. The van der Waals surface area contributed by atoms with Crippen molar-refractivity contribution in [1.29, 1.82) is 0 Å². The molecule has 2 aromatic rings. The van der Waals surface area contributed by atoms with Gasteiger partial charge in [0.15, 0.2) is 0 Å². The minimum Gasteiger partial charge on any atom is -0.325 e. The SMILES string of the molecule is CCc1ccc(Sc2ccc(NC(=O)CCl)cc2)cc1. The van der Waals surface area contributed by atoms with Crippen LogP contribution in [-0.2, 0) is 11.2 Å². The molecule has 0 saturated carbocycles. The lowest BCUT2D eigenvalue weighted by atomic mass is 10.2. The maximum absolute atomic E-state index is 11.2. The molecular formula is C16H16ClNOS.